The molecular formula is C19H13BrF2N4O3S2. The number of amides is 1. The summed E-state index contributed by atoms with van der Waals surface area (Å²) in [6.07, 6.45) is 1.30. The van der Waals surface area contributed by atoms with Gasteiger partial charge in [-0.1, -0.05) is 24.3 Å². The fourth-order valence-corrected chi connectivity index (χ4v) is 4.37. The van der Waals surface area contributed by atoms with Crippen LogP contribution >= 0.6 is 40.3 Å². The van der Waals surface area contributed by atoms with Crippen molar-refractivity contribution in [1.82, 2.24) is 14.9 Å². The molecule has 1 amide bonds. The van der Waals surface area contributed by atoms with E-state index in [1.807, 2.05) is 0 Å². The van der Waals surface area contributed by atoms with Gasteiger partial charge in [0.25, 0.3) is 0 Å². The molecule has 0 spiro atoms. The molecule has 12 heteroatoms. The molecule has 0 fully saturated rings. The Hall–Kier alpha value is -2.62. The summed E-state index contributed by atoms with van der Waals surface area (Å²) in [7, 11) is 0. The number of rotatable bonds is 7. The fourth-order valence-electron chi connectivity index (χ4n) is 2.77. The minimum atomic E-state index is -4.01. The van der Waals surface area contributed by atoms with Crippen LogP contribution in [0.5, 0.6) is 0 Å². The van der Waals surface area contributed by atoms with Gasteiger partial charge in [-0.15, -0.1) is 0 Å². The van der Waals surface area contributed by atoms with E-state index in [-0.39, 0.29) is 22.7 Å². The lowest BCUT2D eigenvalue weighted by Gasteiger charge is -2.19. The van der Waals surface area contributed by atoms with Crippen molar-refractivity contribution in [3.05, 3.63) is 52.8 Å². The maximum atomic E-state index is 14.6. The number of thiol groups is 1. The average Bonchev–Trinajstić information content (AvgIpc) is 3.09. The largest absolute Gasteiger partial charge is 0.480 e. The Bertz CT molecular complexity index is 1210. The molecule has 1 aromatic heterocycles. The fraction of sp³-hybridized carbons (Fsp3) is 0.158. The Labute approximate surface area is 193 Å². The second-order valence-corrected chi connectivity index (χ2v) is 8.41. The van der Waals surface area contributed by atoms with Gasteiger partial charge in [-0.25, -0.2) is 9.78 Å². The molecule has 1 heterocycles. The number of aliphatic carboxylic acids is 1. The molecule has 0 aliphatic carbocycles. The SMILES string of the molecule is N#Cc1ccc(-n2c(Br)cnc2SC(F)(F)C(=O)NC(CS)C(=O)O)c2ccccc12. The number of nitriles is 1. The third-order valence-corrected chi connectivity index (χ3v) is 6.06. The zero-order valence-corrected chi connectivity index (χ0v) is 18.7. The van der Waals surface area contributed by atoms with Gasteiger partial charge in [-0.3, -0.25) is 9.36 Å². The Balaban J connectivity index is 2.01. The van der Waals surface area contributed by atoms with Gasteiger partial charge in [0.1, 0.15) is 10.6 Å². The summed E-state index contributed by atoms with van der Waals surface area (Å²) in [6, 6.07) is 10.7. The first-order valence-electron chi connectivity index (χ1n) is 8.56. The van der Waals surface area contributed by atoms with Crippen molar-refractivity contribution < 1.29 is 23.5 Å². The van der Waals surface area contributed by atoms with Crippen molar-refractivity contribution in [3.8, 4) is 11.8 Å². The number of fused-ring (bicyclic) bond motifs is 1. The number of aromatic nitrogens is 2. The predicted molar refractivity (Wildman–Crippen MR) is 118 cm³/mol. The molecule has 2 aromatic carbocycles. The van der Waals surface area contributed by atoms with Crippen molar-refractivity contribution in [2.24, 2.45) is 0 Å². The number of carbonyl (C=O) groups is 2. The molecule has 160 valence electrons. The van der Waals surface area contributed by atoms with Crippen LogP contribution in [-0.2, 0) is 9.59 Å². The van der Waals surface area contributed by atoms with Crippen molar-refractivity contribution >= 4 is 63.0 Å². The maximum Gasteiger partial charge on any atom is 0.377 e. The number of imidazole rings is 1. The number of nitrogens with one attached hydrogen (secondary N) is 1. The van der Waals surface area contributed by atoms with Gasteiger partial charge in [-0.2, -0.15) is 26.7 Å². The lowest BCUT2D eigenvalue weighted by Crippen LogP contribution is -2.48. The molecule has 0 aliphatic heterocycles. The Kier molecular flexibility index (Phi) is 6.88. The number of nitrogens with zero attached hydrogens (tertiary/aromatic N) is 3. The predicted octanol–water partition coefficient (Wildman–Crippen LogP) is 3.84. The third-order valence-electron chi connectivity index (χ3n) is 4.22. The topological polar surface area (TPSA) is 108 Å². The molecule has 0 radical (unpaired) electrons. The summed E-state index contributed by atoms with van der Waals surface area (Å²) < 4.78 is 31.0. The number of carboxylic acid groups (broad SMARTS) is 1. The number of alkyl halides is 2. The van der Waals surface area contributed by atoms with E-state index in [0.29, 0.717) is 26.6 Å². The highest BCUT2D eigenvalue weighted by molar-refractivity contribution is 9.10. The Morgan fingerprint density at radius 3 is 2.61 bits per heavy atom. The number of hydrogen-bond donors (Lipinski definition) is 3. The van der Waals surface area contributed by atoms with Crippen LogP contribution in [0.4, 0.5) is 8.78 Å². The van der Waals surface area contributed by atoms with E-state index >= 15 is 0 Å². The van der Waals surface area contributed by atoms with E-state index in [0.717, 1.165) is 0 Å². The van der Waals surface area contributed by atoms with Crippen LogP contribution in [-0.4, -0.2) is 43.6 Å². The van der Waals surface area contributed by atoms with Gasteiger partial charge in [0.2, 0.25) is 0 Å². The standard InChI is InChI=1S/C19H13BrF2N4O3S2/c20-15-8-24-18(31-19(21,22)17(29)25-13(9-30)16(27)28)26(15)14-6-5-10(7-23)11-3-1-2-4-12(11)14/h1-6,8,13,30H,9H2,(H,25,29)(H,27,28). The molecule has 0 saturated carbocycles. The van der Waals surface area contributed by atoms with Crippen molar-refractivity contribution in [1.29, 1.82) is 5.26 Å². The van der Waals surface area contributed by atoms with E-state index in [4.69, 9.17) is 5.11 Å². The summed E-state index contributed by atoms with van der Waals surface area (Å²) in [4.78, 5) is 27.0. The Morgan fingerprint density at radius 2 is 2.00 bits per heavy atom. The van der Waals surface area contributed by atoms with Gasteiger partial charge in [0.05, 0.1) is 23.5 Å². The molecular weight excluding hydrogens is 514 g/mol. The average molecular weight is 527 g/mol. The highest BCUT2D eigenvalue weighted by atomic mass is 79.9. The molecule has 0 bridgehead atoms. The summed E-state index contributed by atoms with van der Waals surface area (Å²) in [5.74, 6) is -3.59. The Morgan fingerprint density at radius 1 is 1.32 bits per heavy atom. The molecule has 1 unspecified atom stereocenters. The van der Waals surface area contributed by atoms with Gasteiger partial charge in [0.15, 0.2) is 5.16 Å². The summed E-state index contributed by atoms with van der Waals surface area (Å²) >= 11 is 6.90. The van der Waals surface area contributed by atoms with Gasteiger partial charge < -0.3 is 10.4 Å². The van der Waals surface area contributed by atoms with E-state index < -0.39 is 23.2 Å². The second-order valence-electron chi connectivity index (χ2n) is 6.15. The van der Waals surface area contributed by atoms with Gasteiger partial charge in [-0.05, 0) is 39.8 Å². The number of carboxylic acids is 1. The van der Waals surface area contributed by atoms with E-state index in [2.05, 4.69) is 39.6 Å². The highest BCUT2D eigenvalue weighted by Gasteiger charge is 2.43. The smallest absolute Gasteiger partial charge is 0.377 e. The highest BCUT2D eigenvalue weighted by Crippen LogP contribution is 2.39. The molecule has 31 heavy (non-hydrogen) atoms. The lowest BCUT2D eigenvalue weighted by molar-refractivity contribution is -0.144. The van der Waals surface area contributed by atoms with Crippen LogP contribution in [0.2, 0.25) is 0 Å². The van der Waals surface area contributed by atoms with Gasteiger partial charge in [0, 0.05) is 16.5 Å². The lowest BCUT2D eigenvalue weighted by atomic mass is 10.0. The number of hydrogen-bond acceptors (Lipinski definition) is 6. The minimum Gasteiger partial charge on any atom is -0.480 e. The number of thioether (sulfide) groups is 1. The minimum absolute atomic E-state index is 0.127. The summed E-state index contributed by atoms with van der Waals surface area (Å²) in [5, 5.41) is 17.1. The maximum absolute atomic E-state index is 14.6. The number of carbonyl (C=O) groups excluding carboxylic acids is 1. The molecule has 1 atom stereocenters. The van der Waals surface area contributed by atoms with Crippen LogP contribution in [0.15, 0.2) is 52.4 Å². The van der Waals surface area contributed by atoms with Crippen LogP contribution in [0.1, 0.15) is 5.56 Å². The van der Waals surface area contributed by atoms with Crippen molar-refractivity contribution in [2.45, 2.75) is 16.5 Å². The van der Waals surface area contributed by atoms with E-state index in [1.165, 1.54) is 10.8 Å². The van der Waals surface area contributed by atoms with E-state index in [1.54, 1.807) is 41.7 Å². The zero-order chi connectivity index (χ0) is 22.8. The normalized spacial score (nSPS) is 12.4. The van der Waals surface area contributed by atoms with Crippen molar-refractivity contribution in [2.75, 3.05) is 5.75 Å². The number of benzene rings is 2. The summed E-state index contributed by atoms with van der Waals surface area (Å²) in [6.45, 7) is 0. The van der Waals surface area contributed by atoms with Crippen molar-refractivity contribution in [3.63, 3.8) is 0 Å². The first-order chi connectivity index (χ1) is 14.7. The molecule has 7 nitrogen and oxygen atoms in total. The molecule has 3 aromatic rings. The summed E-state index contributed by atoms with van der Waals surface area (Å²) in [5.41, 5.74) is 0.886. The van der Waals surface area contributed by atoms with Crippen LogP contribution in [0.25, 0.3) is 16.5 Å². The van der Waals surface area contributed by atoms with Crippen LogP contribution in [0, 0.1) is 11.3 Å². The molecule has 0 aliphatic rings. The van der Waals surface area contributed by atoms with Crippen LogP contribution in [0.3, 0.4) is 0 Å². The quantitative estimate of drug-likeness (QED) is 0.319. The number of halogens is 3. The monoisotopic (exact) mass is 526 g/mol. The van der Waals surface area contributed by atoms with Gasteiger partial charge >= 0.3 is 17.1 Å². The molecule has 2 N–H and O–H groups in total. The third kappa shape index (κ3) is 4.68. The first kappa shape index (κ1) is 23.1. The first-order valence-corrected chi connectivity index (χ1v) is 10.8. The van der Waals surface area contributed by atoms with E-state index in [9.17, 15) is 23.6 Å². The van der Waals surface area contributed by atoms with Crippen LogP contribution < -0.4 is 5.32 Å². The molecule has 3 rings (SSSR count). The zero-order valence-electron chi connectivity index (χ0n) is 15.4. The second kappa shape index (κ2) is 9.25. The molecule has 0 saturated heterocycles.